The van der Waals surface area contributed by atoms with Gasteiger partial charge in [0.2, 0.25) is 0 Å². The van der Waals surface area contributed by atoms with Crippen LogP contribution >= 0.6 is 0 Å². The summed E-state index contributed by atoms with van der Waals surface area (Å²) in [7, 11) is 0. The third-order valence-electron chi connectivity index (χ3n) is 3.24. The Morgan fingerprint density at radius 3 is 2.67 bits per heavy atom. The number of hydrogen-bond donors (Lipinski definition) is 0. The summed E-state index contributed by atoms with van der Waals surface area (Å²) in [5.74, 6) is 0.264. The van der Waals surface area contributed by atoms with E-state index in [9.17, 15) is 4.79 Å². The van der Waals surface area contributed by atoms with Gasteiger partial charge in [0.1, 0.15) is 24.9 Å². The second kappa shape index (κ2) is 6.08. The summed E-state index contributed by atoms with van der Waals surface area (Å²) in [5, 5.41) is 3.90. The number of rotatable bonds is 4. The molecular formula is C16H21N3O2. The van der Waals surface area contributed by atoms with Crippen molar-refractivity contribution in [1.29, 1.82) is 0 Å². The van der Waals surface area contributed by atoms with Gasteiger partial charge in [-0.05, 0) is 23.5 Å². The molecule has 112 valence electrons. The van der Waals surface area contributed by atoms with Gasteiger partial charge in [-0.3, -0.25) is 0 Å². The fraction of sp³-hybridized carbons (Fsp3) is 0.438. The molecular weight excluding hydrogens is 266 g/mol. The molecule has 5 nitrogen and oxygen atoms in total. The van der Waals surface area contributed by atoms with Crippen molar-refractivity contribution in [1.82, 2.24) is 14.8 Å². The minimum atomic E-state index is -0.352. The third kappa shape index (κ3) is 3.90. The lowest BCUT2D eigenvalue weighted by Gasteiger charge is -2.23. The number of nitrogens with zero attached hydrogens (tertiary/aromatic N) is 3. The van der Waals surface area contributed by atoms with Crippen molar-refractivity contribution in [2.24, 2.45) is 0 Å². The lowest BCUT2D eigenvalue weighted by Crippen LogP contribution is -2.20. The highest BCUT2D eigenvalue weighted by molar-refractivity contribution is 5.72. The maximum Gasteiger partial charge on any atom is 0.333 e. The topological polar surface area (TPSA) is 57.0 Å². The van der Waals surface area contributed by atoms with Crippen LogP contribution in [-0.4, -0.2) is 20.7 Å². The molecule has 5 heteroatoms. The number of ether oxygens (including phenoxy) is 1. The molecule has 2 aromatic rings. The number of carbonyl (C=O) groups is 1. The summed E-state index contributed by atoms with van der Waals surface area (Å²) in [5.41, 5.74) is 2.18. The van der Waals surface area contributed by atoms with Gasteiger partial charge in [-0.15, -0.1) is 0 Å². The van der Waals surface area contributed by atoms with Crippen molar-refractivity contribution < 1.29 is 9.53 Å². The third-order valence-corrected chi connectivity index (χ3v) is 3.24. The molecule has 0 aliphatic heterocycles. The van der Waals surface area contributed by atoms with Crippen LogP contribution in [0.2, 0.25) is 0 Å². The van der Waals surface area contributed by atoms with Gasteiger partial charge in [0, 0.05) is 5.56 Å². The van der Waals surface area contributed by atoms with Gasteiger partial charge in [0.05, 0.1) is 0 Å². The van der Waals surface area contributed by atoms with E-state index >= 15 is 0 Å². The highest BCUT2D eigenvalue weighted by atomic mass is 16.5. The van der Waals surface area contributed by atoms with Gasteiger partial charge in [0.15, 0.2) is 0 Å². The van der Waals surface area contributed by atoms with E-state index in [1.54, 1.807) is 0 Å². The minimum absolute atomic E-state index is 0.0547. The molecule has 0 unspecified atom stereocenters. The van der Waals surface area contributed by atoms with Crippen LogP contribution in [0.25, 0.3) is 0 Å². The second-order valence-electron chi connectivity index (χ2n) is 6.00. The lowest BCUT2D eigenvalue weighted by molar-refractivity contribution is -0.135. The van der Waals surface area contributed by atoms with Crippen molar-refractivity contribution >= 4 is 5.97 Å². The lowest BCUT2D eigenvalue weighted by atomic mass is 9.85. The number of carbonyl (C=O) groups excluding carboxylic acids is 1. The Hall–Kier alpha value is -2.17. The van der Waals surface area contributed by atoms with Crippen molar-refractivity contribution in [3.63, 3.8) is 0 Å². The molecule has 0 amide bonds. The Kier molecular flexibility index (Phi) is 4.40. The molecule has 0 bridgehead atoms. The predicted octanol–water partition coefficient (Wildman–Crippen LogP) is 2.74. The van der Waals surface area contributed by atoms with Crippen LogP contribution in [0.15, 0.2) is 30.9 Å². The van der Waals surface area contributed by atoms with E-state index in [1.165, 1.54) is 22.9 Å². The van der Waals surface area contributed by atoms with Gasteiger partial charge in [-0.25, -0.2) is 14.5 Å². The minimum Gasteiger partial charge on any atom is -0.425 e. The molecule has 0 spiro atoms. The normalized spacial score (nSPS) is 11.4. The smallest absolute Gasteiger partial charge is 0.333 e. The standard InChI is InChI=1S/C16H21N3O2/c1-5-12-6-7-14(13(8-12)16(2,3)4)21-15(20)9-19-11-17-10-18-19/h6-8,10-11H,5,9H2,1-4H3. The van der Waals surface area contributed by atoms with Crippen molar-refractivity contribution in [2.45, 2.75) is 46.1 Å². The van der Waals surface area contributed by atoms with E-state index < -0.39 is 0 Å². The first-order valence-electron chi connectivity index (χ1n) is 7.06. The Morgan fingerprint density at radius 2 is 2.10 bits per heavy atom. The molecule has 0 radical (unpaired) electrons. The van der Waals surface area contributed by atoms with Gasteiger partial charge < -0.3 is 4.74 Å². The maximum atomic E-state index is 12.0. The largest absolute Gasteiger partial charge is 0.425 e. The van der Waals surface area contributed by atoms with Gasteiger partial charge >= 0.3 is 5.97 Å². The van der Waals surface area contributed by atoms with E-state index in [1.807, 2.05) is 12.1 Å². The van der Waals surface area contributed by atoms with Crippen molar-refractivity contribution in [2.75, 3.05) is 0 Å². The van der Waals surface area contributed by atoms with Crippen LogP contribution in [0.5, 0.6) is 5.75 Å². The van der Waals surface area contributed by atoms with Crippen molar-refractivity contribution in [3.8, 4) is 5.75 Å². The second-order valence-corrected chi connectivity index (χ2v) is 6.00. The average Bonchev–Trinajstić information content (AvgIpc) is 2.90. The van der Waals surface area contributed by atoms with Crippen LogP contribution in [0.4, 0.5) is 0 Å². The number of benzene rings is 1. The van der Waals surface area contributed by atoms with E-state index in [-0.39, 0.29) is 17.9 Å². The summed E-state index contributed by atoms with van der Waals surface area (Å²) in [4.78, 5) is 15.8. The highest BCUT2D eigenvalue weighted by Gasteiger charge is 2.21. The monoisotopic (exact) mass is 287 g/mol. The first-order valence-corrected chi connectivity index (χ1v) is 7.06. The molecule has 0 saturated heterocycles. The molecule has 1 aromatic heterocycles. The SMILES string of the molecule is CCc1ccc(OC(=O)Cn2cncn2)c(C(C)(C)C)c1. The van der Waals surface area contributed by atoms with Gasteiger partial charge in [-0.1, -0.05) is 39.8 Å². The molecule has 0 atom stereocenters. The summed E-state index contributed by atoms with van der Waals surface area (Å²) >= 11 is 0. The molecule has 21 heavy (non-hydrogen) atoms. The van der Waals surface area contributed by atoms with Gasteiger partial charge in [-0.2, -0.15) is 5.10 Å². The first kappa shape index (κ1) is 15.2. The molecule has 0 aliphatic rings. The summed E-state index contributed by atoms with van der Waals surface area (Å²) in [6.07, 6.45) is 3.84. The summed E-state index contributed by atoms with van der Waals surface area (Å²) in [6.45, 7) is 8.49. The number of esters is 1. The Bertz CT molecular complexity index is 613. The molecule has 2 rings (SSSR count). The Balaban J connectivity index is 2.21. The zero-order valence-corrected chi connectivity index (χ0v) is 13.0. The predicted molar refractivity (Wildman–Crippen MR) is 80.2 cm³/mol. The molecule has 0 N–H and O–H groups in total. The average molecular weight is 287 g/mol. The van der Waals surface area contributed by atoms with Crippen LogP contribution in [0.1, 0.15) is 38.8 Å². The Morgan fingerprint density at radius 1 is 1.33 bits per heavy atom. The van der Waals surface area contributed by atoms with Crippen LogP contribution < -0.4 is 4.74 Å². The number of aryl methyl sites for hydroxylation is 1. The quantitative estimate of drug-likeness (QED) is 0.641. The summed E-state index contributed by atoms with van der Waals surface area (Å²) in [6, 6.07) is 5.98. The van der Waals surface area contributed by atoms with Crippen LogP contribution in [0.3, 0.4) is 0 Å². The molecule has 0 saturated carbocycles. The summed E-state index contributed by atoms with van der Waals surface area (Å²) < 4.78 is 6.96. The number of aromatic nitrogens is 3. The van der Waals surface area contributed by atoms with Crippen LogP contribution in [-0.2, 0) is 23.2 Å². The van der Waals surface area contributed by atoms with Crippen LogP contribution in [0, 0.1) is 0 Å². The molecule has 1 aromatic carbocycles. The molecule has 0 fully saturated rings. The zero-order valence-electron chi connectivity index (χ0n) is 13.0. The Labute approximate surface area is 125 Å². The first-order chi connectivity index (χ1) is 9.90. The fourth-order valence-corrected chi connectivity index (χ4v) is 2.07. The van der Waals surface area contributed by atoms with Crippen molar-refractivity contribution in [3.05, 3.63) is 42.0 Å². The highest BCUT2D eigenvalue weighted by Crippen LogP contribution is 2.32. The molecule has 1 heterocycles. The fourth-order valence-electron chi connectivity index (χ4n) is 2.07. The zero-order chi connectivity index (χ0) is 15.5. The molecule has 0 aliphatic carbocycles. The van der Waals surface area contributed by atoms with E-state index in [0.717, 1.165) is 12.0 Å². The van der Waals surface area contributed by atoms with E-state index in [2.05, 4.69) is 43.8 Å². The maximum absolute atomic E-state index is 12.0. The van der Waals surface area contributed by atoms with E-state index in [0.29, 0.717) is 5.75 Å². The number of hydrogen-bond acceptors (Lipinski definition) is 4. The van der Waals surface area contributed by atoms with E-state index in [4.69, 9.17) is 4.74 Å². The van der Waals surface area contributed by atoms with Gasteiger partial charge in [0.25, 0.3) is 0 Å².